The Labute approximate surface area is 110 Å². The Bertz CT molecular complexity index is 585. The third-order valence-electron chi connectivity index (χ3n) is 4.22. The summed E-state index contributed by atoms with van der Waals surface area (Å²) in [5.74, 6) is -1.69. The molecule has 3 atom stereocenters. The van der Waals surface area contributed by atoms with Crippen LogP contribution in [0.25, 0.3) is 0 Å². The van der Waals surface area contributed by atoms with Gasteiger partial charge in [-0.2, -0.15) is 0 Å². The van der Waals surface area contributed by atoms with Crippen LogP contribution < -0.4 is 4.74 Å². The summed E-state index contributed by atoms with van der Waals surface area (Å²) >= 11 is 0. The number of ether oxygens (including phenoxy) is 3. The van der Waals surface area contributed by atoms with Crippen LogP contribution in [0, 0.1) is 0 Å². The molecule has 0 unspecified atom stereocenters. The van der Waals surface area contributed by atoms with Gasteiger partial charge in [-0.3, -0.25) is 4.79 Å². The van der Waals surface area contributed by atoms with E-state index in [1.165, 1.54) is 0 Å². The highest BCUT2D eigenvalue weighted by atomic mass is 16.9. The van der Waals surface area contributed by atoms with Crippen molar-refractivity contribution in [1.29, 1.82) is 0 Å². The maximum absolute atomic E-state index is 12.6. The van der Waals surface area contributed by atoms with Gasteiger partial charge in [-0.1, -0.05) is 12.1 Å². The molecule has 5 heteroatoms. The van der Waals surface area contributed by atoms with Crippen LogP contribution in [0.5, 0.6) is 5.75 Å². The van der Waals surface area contributed by atoms with Crippen molar-refractivity contribution in [3.63, 3.8) is 0 Å². The van der Waals surface area contributed by atoms with Gasteiger partial charge in [0, 0.05) is 0 Å². The Morgan fingerprint density at radius 3 is 2.89 bits per heavy atom. The van der Waals surface area contributed by atoms with Gasteiger partial charge in [-0.05, 0) is 31.9 Å². The van der Waals surface area contributed by atoms with Gasteiger partial charge in [-0.15, -0.1) is 0 Å². The molecule has 1 aromatic carbocycles. The molecule has 3 aliphatic rings. The highest BCUT2D eigenvalue weighted by Crippen LogP contribution is 2.53. The number of Topliss-reactive ketones (excluding diaryl/α,β-unsaturated/α-hetero) is 1. The lowest BCUT2D eigenvalue weighted by Gasteiger charge is -2.48. The summed E-state index contributed by atoms with van der Waals surface area (Å²) in [5.41, 5.74) is -1.89. The largest absolute Gasteiger partial charge is 0.436 e. The van der Waals surface area contributed by atoms with Crippen molar-refractivity contribution in [3.8, 4) is 5.75 Å². The summed E-state index contributed by atoms with van der Waals surface area (Å²) in [6.07, 6.45) is 0.833. The van der Waals surface area contributed by atoms with E-state index in [0.717, 1.165) is 0 Å². The number of aliphatic hydroxyl groups is 1. The Hall–Kier alpha value is -1.43. The minimum absolute atomic E-state index is 0.274. The average molecular weight is 262 g/mol. The maximum atomic E-state index is 12.6. The van der Waals surface area contributed by atoms with Gasteiger partial charge >= 0.3 is 5.97 Å². The lowest BCUT2D eigenvalue weighted by molar-refractivity contribution is -0.383. The van der Waals surface area contributed by atoms with Crippen LogP contribution in [0.15, 0.2) is 24.3 Å². The first-order valence-corrected chi connectivity index (χ1v) is 6.38. The predicted molar refractivity (Wildman–Crippen MR) is 63.8 cm³/mol. The van der Waals surface area contributed by atoms with Gasteiger partial charge in [-0.25, -0.2) is 0 Å². The van der Waals surface area contributed by atoms with Crippen LogP contribution in [0.4, 0.5) is 0 Å². The molecular weight excluding hydrogens is 248 g/mol. The molecule has 0 saturated carbocycles. The van der Waals surface area contributed by atoms with Gasteiger partial charge < -0.3 is 19.3 Å². The number of rotatable bonds is 0. The molecule has 0 radical (unpaired) electrons. The van der Waals surface area contributed by atoms with Crippen LogP contribution in [-0.4, -0.2) is 34.7 Å². The van der Waals surface area contributed by atoms with Crippen molar-refractivity contribution in [2.45, 2.75) is 36.9 Å². The minimum atomic E-state index is -1.77. The number of para-hydroxylation sites is 1. The van der Waals surface area contributed by atoms with Gasteiger partial charge in [0.25, 0.3) is 0 Å². The maximum Gasteiger partial charge on any atom is 0.366 e. The Morgan fingerprint density at radius 2 is 2.05 bits per heavy atom. The van der Waals surface area contributed by atoms with E-state index in [-0.39, 0.29) is 6.42 Å². The molecule has 3 heterocycles. The van der Waals surface area contributed by atoms with E-state index in [2.05, 4.69) is 0 Å². The molecule has 0 aromatic heterocycles. The second-order valence-corrected chi connectivity index (χ2v) is 5.68. The normalized spacial score (nSPS) is 43.4. The fourth-order valence-corrected chi connectivity index (χ4v) is 3.05. The number of ketones is 1. The highest BCUT2D eigenvalue weighted by molar-refractivity contribution is 6.06. The summed E-state index contributed by atoms with van der Waals surface area (Å²) in [6, 6.07) is 6.83. The van der Waals surface area contributed by atoms with E-state index in [9.17, 15) is 9.90 Å². The smallest absolute Gasteiger partial charge is 0.366 e. The second kappa shape index (κ2) is 3.17. The number of fused-ring (bicyclic) bond motifs is 2. The molecule has 2 bridgehead atoms. The third-order valence-corrected chi connectivity index (χ3v) is 4.22. The third kappa shape index (κ3) is 1.23. The van der Waals surface area contributed by atoms with Gasteiger partial charge in [0.05, 0.1) is 17.8 Å². The number of hydrogen-bond acceptors (Lipinski definition) is 5. The molecule has 2 fully saturated rings. The zero-order chi connectivity index (χ0) is 13.3. The molecule has 5 nitrogen and oxygen atoms in total. The zero-order valence-electron chi connectivity index (χ0n) is 10.5. The lowest BCUT2D eigenvalue weighted by Crippen LogP contribution is -2.68. The fraction of sp³-hybridized carbons (Fsp3) is 0.500. The van der Waals surface area contributed by atoms with Crippen molar-refractivity contribution >= 4 is 5.78 Å². The summed E-state index contributed by atoms with van der Waals surface area (Å²) in [7, 11) is 0. The molecule has 100 valence electrons. The molecule has 3 aliphatic heterocycles. The molecule has 19 heavy (non-hydrogen) atoms. The van der Waals surface area contributed by atoms with E-state index in [4.69, 9.17) is 14.2 Å². The van der Waals surface area contributed by atoms with E-state index in [1.54, 1.807) is 24.3 Å². The zero-order valence-corrected chi connectivity index (χ0v) is 10.5. The fourth-order valence-electron chi connectivity index (χ4n) is 3.05. The average Bonchev–Trinajstić information content (AvgIpc) is 2.69. The van der Waals surface area contributed by atoms with Crippen LogP contribution in [0.1, 0.15) is 30.1 Å². The summed E-state index contributed by atoms with van der Waals surface area (Å²) in [4.78, 5) is 12.6. The van der Waals surface area contributed by atoms with Crippen LogP contribution in [0.3, 0.4) is 0 Å². The van der Waals surface area contributed by atoms with Gasteiger partial charge in [0.1, 0.15) is 5.75 Å². The van der Waals surface area contributed by atoms with Crippen molar-refractivity contribution in [2.75, 3.05) is 6.61 Å². The first-order valence-electron chi connectivity index (χ1n) is 6.38. The van der Waals surface area contributed by atoms with Crippen LogP contribution in [-0.2, 0) is 9.47 Å². The van der Waals surface area contributed by atoms with Crippen molar-refractivity contribution in [3.05, 3.63) is 29.8 Å². The quantitative estimate of drug-likeness (QED) is 0.762. The van der Waals surface area contributed by atoms with Crippen molar-refractivity contribution in [2.24, 2.45) is 0 Å². The van der Waals surface area contributed by atoms with E-state index >= 15 is 0 Å². The molecule has 1 spiro atoms. The monoisotopic (exact) mass is 262 g/mol. The molecule has 2 saturated heterocycles. The number of carbonyl (C=O) groups is 1. The highest BCUT2D eigenvalue weighted by Gasteiger charge is 2.72. The van der Waals surface area contributed by atoms with E-state index < -0.39 is 23.0 Å². The molecule has 0 amide bonds. The van der Waals surface area contributed by atoms with Crippen LogP contribution >= 0.6 is 0 Å². The summed E-state index contributed by atoms with van der Waals surface area (Å²) in [5, 5.41) is 10.8. The number of hydrogen-bond donors (Lipinski definition) is 1. The Kier molecular flexibility index (Phi) is 1.91. The number of benzene rings is 1. The molecule has 1 N–H and O–H groups in total. The minimum Gasteiger partial charge on any atom is -0.436 e. The molecule has 1 aromatic rings. The predicted octanol–water partition coefficient (Wildman–Crippen LogP) is 1.25. The SMILES string of the molecule is C[C@@]12CC[C@]3(O)C(=O)c4ccccc4O[C@]3(OC1)O2. The van der Waals surface area contributed by atoms with Crippen molar-refractivity contribution < 1.29 is 24.1 Å². The molecular formula is C14H14O5. The first kappa shape index (κ1) is 11.4. The van der Waals surface area contributed by atoms with Crippen molar-refractivity contribution in [1.82, 2.24) is 0 Å². The standard InChI is InChI=1S/C14H14O5/c1-12-6-7-13(16)11(15)9-4-2-3-5-10(9)18-14(13,19-12)17-8-12/h2-5,16H,6-8H2,1H3/t12-,13+,14+/m1/s1. The topological polar surface area (TPSA) is 65.0 Å². The van der Waals surface area contributed by atoms with Gasteiger partial charge in [0.15, 0.2) is 0 Å². The Morgan fingerprint density at radius 1 is 1.26 bits per heavy atom. The Balaban J connectivity index is 1.91. The summed E-state index contributed by atoms with van der Waals surface area (Å²) in [6.45, 7) is 2.21. The van der Waals surface area contributed by atoms with Gasteiger partial charge in [0.2, 0.25) is 11.4 Å². The second-order valence-electron chi connectivity index (χ2n) is 5.68. The summed E-state index contributed by atoms with van der Waals surface area (Å²) < 4.78 is 17.1. The van der Waals surface area contributed by atoms with Crippen LogP contribution in [0.2, 0.25) is 0 Å². The lowest BCUT2D eigenvalue weighted by atomic mass is 9.79. The molecule has 4 rings (SSSR count). The first-order chi connectivity index (χ1) is 8.98. The number of carbonyl (C=O) groups excluding carboxylic acids is 1. The molecule has 0 aliphatic carbocycles. The van der Waals surface area contributed by atoms with E-state index in [1.807, 2.05) is 6.92 Å². The van der Waals surface area contributed by atoms with E-state index in [0.29, 0.717) is 24.3 Å².